The molecule has 0 unspecified atom stereocenters. The van der Waals surface area contributed by atoms with E-state index in [1.807, 2.05) is 0 Å². The van der Waals surface area contributed by atoms with Crippen molar-refractivity contribution in [1.29, 1.82) is 0 Å². The molecule has 3 nitrogen and oxygen atoms in total. The van der Waals surface area contributed by atoms with Gasteiger partial charge in [0.2, 0.25) is 0 Å². The van der Waals surface area contributed by atoms with Crippen LogP contribution in [-0.4, -0.2) is 25.3 Å². The fourth-order valence-corrected chi connectivity index (χ4v) is 2.23. The van der Waals surface area contributed by atoms with E-state index in [9.17, 15) is 9.59 Å². The molecule has 0 heterocycles. The number of methoxy groups -OCH3 is 1. The van der Waals surface area contributed by atoms with Gasteiger partial charge in [-0.05, 0) is 19.3 Å². The summed E-state index contributed by atoms with van der Waals surface area (Å²) in [7, 11) is 1.62. The molecule has 1 rings (SSSR count). The van der Waals surface area contributed by atoms with E-state index >= 15 is 0 Å². The van der Waals surface area contributed by atoms with Crippen LogP contribution in [0.3, 0.4) is 0 Å². The molecule has 0 aliphatic heterocycles. The van der Waals surface area contributed by atoms with Crippen LogP contribution in [0.4, 0.5) is 0 Å². The standard InChI is InChI=1S/C12H18O3/c1-3-7-12(8-4-9-15-2)10(13)5-6-11(12)14/h3H,1,4-9H2,2H3. The molecule has 0 aromatic carbocycles. The first-order chi connectivity index (χ1) is 7.17. The lowest BCUT2D eigenvalue weighted by Gasteiger charge is -2.23. The Kier molecular flexibility index (Phi) is 4.21. The van der Waals surface area contributed by atoms with Crippen LogP contribution in [0.25, 0.3) is 0 Å². The first-order valence-electron chi connectivity index (χ1n) is 5.34. The normalized spacial score (nSPS) is 19.5. The number of allylic oxidation sites excluding steroid dienone is 1. The molecule has 0 bridgehead atoms. The minimum Gasteiger partial charge on any atom is -0.385 e. The van der Waals surface area contributed by atoms with Crippen LogP contribution in [0.1, 0.15) is 32.1 Å². The molecule has 15 heavy (non-hydrogen) atoms. The molecule has 84 valence electrons. The largest absolute Gasteiger partial charge is 0.385 e. The fourth-order valence-electron chi connectivity index (χ4n) is 2.23. The Morgan fingerprint density at radius 1 is 1.40 bits per heavy atom. The molecule has 1 aliphatic carbocycles. The summed E-state index contributed by atoms with van der Waals surface area (Å²) in [5.41, 5.74) is -0.764. The van der Waals surface area contributed by atoms with Crippen LogP contribution < -0.4 is 0 Å². The SMILES string of the molecule is C=CCC1(CCCOC)C(=O)CCC1=O. The Morgan fingerprint density at radius 2 is 2.00 bits per heavy atom. The monoisotopic (exact) mass is 210 g/mol. The Labute approximate surface area is 90.5 Å². The minimum absolute atomic E-state index is 0.0866. The summed E-state index contributed by atoms with van der Waals surface area (Å²) in [4.78, 5) is 23.6. The van der Waals surface area contributed by atoms with Crippen LogP contribution in [0, 0.1) is 5.41 Å². The van der Waals surface area contributed by atoms with Crippen molar-refractivity contribution in [2.75, 3.05) is 13.7 Å². The van der Waals surface area contributed by atoms with Gasteiger partial charge >= 0.3 is 0 Å². The summed E-state index contributed by atoms with van der Waals surface area (Å²) in [5.74, 6) is 0.173. The second kappa shape index (κ2) is 5.21. The summed E-state index contributed by atoms with van der Waals surface area (Å²) < 4.78 is 4.95. The molecule has 0 spiro atoms. The average Bonchev–Trinajstić information content (AvgIpc) is 2.48. The van der Waals surface area contributed by atoms with E-state index in [-0.39, 0.29) is 11.6 Å². The van der Waals surface area contributed by atoms with E-state index in [2.05, 4.69) is 6.58 Å². The van der Waals surface area contributed by atoms with Gasteiger partial charge in [0.1, 0.15) is 11.6 Å². The zero-order valence-electron chi connectivity index (χ0n) is 9.25. The van der Waals surface area contributed by atoms with Gasteiger partial charge in [-0.25, -0.2) is 0 Å². The van der Waals surface area contributed by atoms with E-state index < -0.39 is 5.41 Å². The summed E-state index contributed by atoms with van der Waals surface area (Å²) >= 11 is 0. The molecule has 1 aliphatic rings. The van der Waals surface area contributed by atoms with Gasteiger partial charge in [0, 0.05) is 26.6 Å². The highest BCUT2D eigenvalue weighted by molar-refractivity contribution is 6.12. The highest BCUT2D eigenvalue weighted by Gasteiger charge is 2.47. The zero-order chi connectivity index (χ0) is 11.3. The highest BCUT2D eigenvalue weighted by atomic mass is 16.5. The molecule has 1 saturated carbocycles. The zero-order valence-corrected chi connectivity index (χ0v) is 9.25. The third kappa shape index (κ3) is 2.34. The molecular formula is C12H18O3. The Balaban J connectivity index is 2.72. The molecule has 0 radical (unpaired) electrons. The van der Waals surface area contributed by atoms with Crippen LogP contribution in [0.5, 0.6) is 0 Å². The Hall–Kier alpha value is -0.960. The number of carbonyl (C=O) groups excluding carboxylic acids is 2. The predicted molar refractivity (Wildman–Crippen MR) is 57.6 cm³/mol. The third-order valence-corrected chi connectivity index (χ3v) is 3.09. The first kappa shape index (κ1) is 12.1. The van der Waals surface area contributed by atoms with Gasteiger partial charge in [0.25, 0.3) is 0 Å². The van der Waals surface area contributed by atoms with Crippen molar-refractivity contribution >= 4 is 11.6 Å². The Morgan fingerprint density at radius 3 is 2.47 bits per heavy atom. The molecule has 3 heteroatoms. The summed E-state index contributed by atoms with van der Waals surface area (Å²) in [5, 5.41) is 0. The number of hydrogen-bond donors (Lipinski definition) is 0. The molecule has 0 saturated heterocycles. The maximum Gasteiger partial charge on any atom is 0.147 e. The first-order valence-corrected chi connectivity index (χ1v) is 5.34. The maximum absolute atomic E-state index is 11.8. The number of Topliss-reactive ketones (excluding diaryl/α,β-unsaturated/α-hetero) is 2. The fraction of sp³-hybridized carbons (Fsp3) is 0.667. The lowest BCUT2D eigenvalue weighted by atomic mass is 9.77. The number of hydrogen-bond acceptors (Lipinski definition) is 3. The predicted octanol–water partition coefficient (Wildman–Crippen LogP) is 1.91. The molecule has 0 atom stereocenters. The van der Waals surface area contributed by atoms with Crippen molar-refractivity contribution in [1.82, 2.24) is 0 Å². The lowest BCUT2D eigenvalue weighted by molar-refractivity contribution is -0.135. The quantitative estimate of drug-likeness (QED) is 0.382. The average molecular weight is 210 g/mol. The number of ether oxygens (including phenoxy) is 1. The summed E-state index contributed by atoms with van der Waals surface area (Å²) in [6.07, 6.45) is 4.31. The lowest BCUT2D eigenvalue weighted by Crippen LogP contribution is -2.32. The van der Waals surface area contributed by atoms with E-state index in [4.69, 9.17) is 4.74 Å². The maximum atomic E-state index is 11.8. The molecule has 0 aromatic heterocycles. The van der Waals surface area contributed by atoms with Crippen LogP contribution in [0.15, 0.2) is 12.7 Å². The number of rotatable bonds is 6. The second-order valence-corrected chi connectivity index (χ2v) is 4.02. The highest BCUT2D eigenvalue weighted by Crippen LogP contribution is 2.39. The van der Waals surface area contributed by atoms with Gasteiger partial charge < -0.3 is 4.74 Å². The van der Waals surface area contributed by atoms with E-state index in [0.29, 0.717) is 32.3 Å². The molecule has 0 amide bonds. The van der Waals surface area contributed by atoms with Crippen molar-refractivity contribution in [2.45, 2.75) is 32.1 Å². The van der Waals surface area contributed by atoms with Gasteiger partial charge in [-0.2, -0.15) is 0 Å². The summed E-state index contributed by atoms with van der Waals surface area (Å²) in [6, 6.07) is 0. The number of carbonyl (C=O) groups is 2. The molecular weight excluding hydrogens is 192 g/mol. The second-order valence-electron chi connectivity index (χ2n) is 4.02. The van der Waals surface area contributed by atoms with Crippen LogP contribution >= 0.6 is 0 Å². The molecule has 1 fully saturated rings. The third-order valence-electron chi connectivity index (χ3n) is 3.09. The molecule has 0 aromatic rings. The number of ketones is 2. The van der Waals surface area contributed by atoms with Gasteiger partial charge in [0.15, 0.2) is 0 Å². The van der Waals surface area contributed by atoms with Crippen molar-refractivity contribution < 1.29 is 14.3 Å². The smallest absolute Gasteiger partial charge is 0.147 e. The van der Waals surface area contributed by atoms with Crippen molar-refractivity contribution in [3.8, 4) is 0 Å². The molecule has 0 N–H and O–H groups in total. The Bertz CT molecular complexity index is 252. The van der Waals surface area contributed by atoms with Gasteiger partial charge in [0.05, 0.1) is 5.41 Å². The van der Waals surface area contributed by atoms with Crippen LogP contribution in [-0.2, 0) is 14.3 Å². The van der Waals surface area contributed by atoms with Crippen molar-refractivity contribution in [2.24, 2.45) is 5.41 Å². The van der Waals surface area contributed by atoms with Gasteiger partial charge in [-0.1, -0.05) is 6.08 Å². The summed E-state index contributed by atoms with van der Waals surface area (Å²) in [6.45, 7) is 4.23. The minimum atomic E-state index is -0.764. The topological polar surface area (TPSA) is 43.4 Å². The van der Waals surface area contributed by atoms with E-state index in [0.717, 1.165) is 6.42 Å². The van der Waals surface area contributed by atoms with E-state index in [1.165, 1.54) is 0 Å². The van der Waals surface area contributed by atoms with Gasteiger partial charge in [-0.3, -0.25) is 9.59 Å². The van der Waals surface area contributed by atoms with Crippen molar-refractivity contribution in [3.63, 3.8) is 0 Å². The van der Waals surface area contributed by atoms with Crippen LogP contribution in [0.2, 0.25) is 0 Å². The van der Waals surface area contributed by atoms with E-state index in [1.54, 1.807) is 13.2 Å². The van der Waals surface area contributed by atoms with Crippen molar-refractivity contribution in [3.05, 3.63) is 12.7 Å². The van der Waals surface area contributed by atoms with Gasteiger partial charge in [-0.15, -0.1) is 6.58 Å².